The van der Waals surface area contributed by atoms with Gasteiger partial charge in [0.2, 0.25) is 5.95 Å². The zero-order chi connectivity index (χ0) is 20.0. The summed E-state index contributed by atoms with van der Waals surface area (Å²) in [6.07, 6.45) is 3.44. The monoisotopic (exact) mass is 379 g/mol. The normalized spacial score (nSPS) is 17.3. The van der Waals surface area contributed by atoms with Gasteiger partial charge in [0, 0.05) is 31.9 Å². The van der Waals surface area contributed by atoms with Crippen molar-refractivity contribution < 1.29 is 19.4 Å². The highest BCUT2D eigenvalue weighted by Crippen LogP contribution is 2.21. The molecule has 1 aromatic heterocycles. The molecule has 1 aliphatic heterocycles. The fourth-order valence-corrected chi connectivity index (χ4v) is 2.75. The van der Waals surface area contributed by atoms with Gasteiger partial charge in [0.25, 0.3) is 0 Å². The molecule has 1 fully saturated rings. The molecule has 1 aromatic rings. The summed E-state index contributed by atoms with van der Waals surface area (Å²) < 4.78 is 5.43. The van der Waals surface area contributed by atoms with Gasteiger partial charge in [0.05, 0.1) is 0 Å². The molecule has 150 valence electrons. The maximum absolute atomic E-state index is 12.3. The molecular formula is C18H29N5O4. The van der Waals surface area contributed by atoms with Crippen LogP contribution >= 0.6 is 0 Å². The van der Waals surface area contributed by atoms with Gasteiger partial charge in [-0.2, -0.15) is 4.98 Å². The smallest absolute Gasteiger partial charge is 0.410 e. The van der Waals surface area contributed by atoms with Crippen molar-refractivity contribution in [3.8, 4) is 0 Å². The van der Waals surface area contributed by atoms with E-state index < -0.39 is 11.6 Å². The number of ether oxygens (including phenoxy) is 1. The molecule has 9 nitrogen and oxygen atoms in total. The van der Waals surface area contributed by atoms with Gasteiger partial charge in [-0.3, -0.25) is 0 Å². The molecule has 2 rings (SSSR count). The SMILES string of the molecule is CCCNc1ncc(C(=O)O)c(N[C@@H]2CCCN(C(=O)OC(C)(C)C)C2)n1. The van der Waals surface area contributed by atoms with Crippen molar-refractivity contribution >= 4 is 23.8 Å². The van der Waals surface area contributed by atoms with E-state index in [9.17, 15) is 14.7 Å². The summed E-state index contributed by atoms with van der Waals surface area (Å²) in [5, 5.41) is 15.6. The summed E-state index contributed by atoms with van der Waals surface area (Å²) in [5.41, 5.74) is -0.549. The van der Waals surface area contributed by atoms with Crippen LogP contribution in [0.25, 0.3) is 0 Å². The number of amides is 1. The number of anilines is 2. The second-order valence-electron chi connectivity index (χ2n) is 7.60. The topological polar surface area (TPSA) is 117 Å². The summed E-state index contributed by atoms with van der Waals surface area (Å²) in [4.78, 5) is 33.8. The van der Waals surface area contributed by atoms with E-state index in [2.05, 4.69) is 20.6 Å². The van der Waals surface area contributed by atoms with Gasteiger partial charge in [0.15, 0.2) is 0 Å². The number of hydrogen-bond acceptors (Lipinski definition) is 7. The number of nitrogens with one attached hydrogen (secondary N) is 2. The Hall–Kier alpha value is -2.58. The first-order chi connectivity index (χ1) is 12.7. The number of carbonyl (C=O) groups is 2. The first-order valence-corrected chi connectivity index (χ1v) is 9.28. The van der Waals surface area contributed by atoms with E-state index >= 15 is 0 Å². The van der Waals surface area contributed by atoms with Gasteiger partial charge in [0.1, 0.15) is 17.0 Å². The van der Waals surface area contributed by atoms with Gasteiger partial charge >= 0.3 is 12.1 Å². The molecule has 27 heavy (non-hydrogen) atoms. The Kier molecular flexibility index (Phi) is 6.81. The summed E-state index contributed by atoms with van der Waals surface area (Å²) in [7, 11) is 0. The molecule has 0 aromatic carbocycles. The van der Waals surface area contributed by atoms with Gasteiger partial charge < -0.3 is 25.4 Å². The lowest BCUT2D eigenvalue weighted by molar-refractivity contribution is 0.0206. The molecule has 0 unspecified atom stereocenters. The van der Waals surface area contributed by atoms with Crippen LogP contribution in [0.4, 0.5) is 16.6 Å². The van der Waals surface area contributed by atoms with Crippen LogP contribution in [0, 0.1) is 0 Å². The quantitative estimate of drug-likeness (QED) is 0.691. The first-order valence-electron chi connectivity index (χ1n) is 9.28. The Balaban J connectivity index is 2.10. The predicted molar refractivity (Wildman–Crippen MR) is 102 cm³/mol. The number of carboxylic acids is 1. The minimum atomic E-state index is -1.10. The van der Waals surface area contributed by atoms with Crippen LogP contribution in [0.1, 0.15) is 57.3 Å². The number of piperidine rings is 1. The van der Waals surface area contributed by atoms with Crippen LogP contribution in [0.2, 0.25) is 0 Å². The lowest BCUT2D eigenvalue weighted by Crippen LogP contribution is -2.47. The summed E-state index contributed by atoms with van der Waals surface area (Å²) >= 11 is 0. The molecule has 3 N–H and O–H groups in total. The number of nitrogens with zero attached hydrogens (tertiary/aromatic N) is 3. The van der Waals surface area contributed by atoms with Crippen molar-refractivity contribution in [2.75, 3.05) is 30.3 Å². The Labute approximate surface area is 159 Å². The van der Waals surface area contributed by atoms with E-state index in [1.807, 2.05) is 27.7 Å². The Morgan fingerprint density at radius 1 is 1.41 bits per heavy atom. The number of hydrogen-bond donors (Lipinski definition) is 3. The third-order valence-electron chi connectivity index (χ3n) is 3.97. The second-order valence-corrected chi connectivity index (χ2v) is 7.60. The Morgan fingerprint density at radius 3 is 2.78 bits per heavy atom. The van der Waals surface area contributed by atoms with Crippen LogP contribution in [0.3, 0.4) is 0 Å². The number of carbonyl (C=O) groups excluding carboxylic acids is 1. The van der Waals surface area contributed by atoms with E-state index in [1.165, 1.54) is 6.20 Å². The maximum Gasteiger partial charge on any atom is 0.410 e. The molecule has 9 heteroatoms. The highest BCUT2D eigenvalue weighted by molar-refractivity contribution is 5.93. The van der Waals surface area contributed by atoms with Gasteiger partial charge in [-0.05, 0) is 40.0 Å². The summed E-state index contributed by atoms with van der Waals surface area (Å²) in [5.74, 6) is -0.462. The van der Waals surface area contributed by atoms with E-state index in [0.717, 1.165) is 19.3 Å². The van der Waals surface area contributed by atoms with Gasteiger partial charge in [-0.15, -0.1) is 0 Å². The number of carboxylic acid groups (broad SMARTS) is 1. The minimum Gasteiger partial charge on any atom is -0.477 e. The van der Waals surface area contributed by atoms with Crippen LogP contribution in [-0.2, 0) is 4.74 Å². The van der Waals surface area contributed by atoms with E-state index in [-0.39, 0.29) is 23.5 Å². The third-order valence-corrected chi connectivity index (χ3v) is 3.97. The molecule has 0 radical (unpaired) electrons. The molecule has 0 bridgehead atoms. The predicted octanol–water partition coefficient (Wildman–Crippen LogP) is 2.81. The molecular weight excluding hydrogens is 350 g/mol. The average molecular weight is 379 g/mol. The van der Waals surface area contributed by atoms with Crippen molar-refractivity contribution in [2.24, 2.45) is 0 Å². The molecule has 0 saturated carbocycles. The number of rotatable bonds is 6. The highest BCUT2D eigenvalue weighted by atomic mass is 16.6. The largest absolute Gasteiger partial charge is 0.477 e. The second kappa shape index (κ2) is 8.88. The highest BCUT2D eigenvalue weighted by Gasteiger charge is 2.28. The zero-order valence-corrected chi connectivity index (χ0v) is 16.4. The molecule has 1 saturated heterocycles. The third kappa shape index (κ3) is 6.26. The lowest BCUT2D eigenvalue weighted by Gasteiger charge is -2.34. The molecule has 2 heterocycles. The number of aromatic carboxylic acids is 1. The van der Waals surface area contributed by atoms with Crippen molar-refractivity contribution in [1.82, 2.24) is 14.9 Å². The van der Waals surface area contributed by atoms with E-state index in [1.54, 1.807) is 4.90 Å². The van der Waals surface area contributed by atoms with Crippen LogP contribution in [-0.4, -0.2) is 63.3 Å². The van der Waals surface area contributed by atoms with E-state index in [0.29, 0.717) is 25.6 Å². The average Bonchev–Trinajstić information content (AvgIpc) is 2.58. The summed E-state index contributed by atoms with van der Waals surface area (Å²) in [6.45, 7) is 9.24. The lowest BCUT2D eigenvalue weighted by atomic mass is 10.1. The number of likely N-dealkylation sites (tertiary alicyclic amines) is 1. The fourth-order valence-electron chi connectivity index (χ4n) is 2.75. The van der Waals surface area contributed by atoms with Crippen molar-refractivity contribution in [3.63, 3.8) is 0 Å². The van der Waals surface area contributed by atoms with Crippen LogP contribution < -0.4 is 10.6 Å². The van der Waals surface area contributed by atoms with Crippen molar-refractivity contribution in [3.05, 3.63) is 11.8 Å². The minimum absolute atomic E-state index is 0.00596. The van der Waals surface area contributed by atoms with Gasteiger partial charge in [-0.1, -0.05) is 6.92 Å². The standard InChI is InChI=1S/C18H29N5O4/c1-5-8-19-16-20-10-13(15(24)25)14(22-16)21-12-7-6-9-23(11-12)17(26)27-18(2,3)4/h10,12H,5-9,11H2,1-4H3,(H,24,25)(H2,19,20,21,22)/t12-/m1/s1. The molecule has 0 aliphatic carbocycles. The fraction of sp³-hybridized carbons (Fsp3) is 0.667. The van der Waals surface area contributed by atoms with Gasteiger partial charge in [-0.25, -0.2) is 14.6 Å². The van der Waals surface area contributed by atoms with Crippen molar-refractivity contribution in [2.45, 2.75) is 58.6 Å². The maximum atomic E-state index is 12.3. The molecule has 0 spiro atoms. The molecule has 1 aliphatic rings. The Bertz CT molecular complexity index is 674. The molecule has 1 amide bonds. The number of aromatic nitrogens is 2. The van der Waals surface area contributed by atoms with E-state index in [4.69, 9.17) is 4.74 Å². The Morgan fingerprint density at radius 2 is 2.15 bits per heavy atom. The van der Waals surface area contributed by atoms with Crippen LogP contribution in [0.15, 0.2) is 6.20 Å². The van der Waals surface area contributed by atoms with Crippen molar-refractivity contribution in [1.29, 1.82) is 0 Å². The summed E-state index contributed by atoms with van der Waals surface area (Å²) in [6, 6.07) is -0.113. The zero-order valence-electron chi connectivity index (χ0n) is 16.4. The van der Waals surface area contributed by atoms with Crippen LogP contribution in [0.5, 0.6) is 0 Å². The molecule has 1 atom stereocenters. The first kappa shape index (κ1) is 20.7.